The number of carbonyl (C=O) groups excluding carboxylic acids is 1. The number of benzene rings is 1. The number of aliphatic hydroxyl groups is 1. The summed E-state index contributed by atoms with van der Waals surface area (Å²) in [7, 11) is 0. The van der Waals surface area contributed by atoms with E-state index in [2.05, 4.69) is 0 Å². The van der Waals surface area contributed by atoms with Crippen LogP contribution in [0.5, 0.6) is 0 Å². The minimum Gasteiger partial charge on any atom is -0.377 e. The Bertz CT molecular complexity index is 360. The summed E-state index contributed by atoms with van der Waals surface area (Å²) in [6.07, 6.45) is -7.15. The Hall–Kier alpha value is -1.36. The highest BCUT2D eigenvalue weighted by atomic mass is 19.4. The highest BCUT2D eigenvalue weighted by Gasteiger charge is 2.42. The zero-order valence-corrected chi connectivity index (χ0v) is 9.07. The van der Waals surface area contributed by atoms with Gasteiger partial charge in [-0.3, -0.25) is 4.79 Å². The van der Waals surface area contributed by atoms with E-state index in [0.717, 1.165) is 5.56 Å². The number of hydrogen-bond donors (Lipinski definition) is 1. The van der Waals surface area contributed by atoms with Crippen molar-refractivity contribution in [3.05, 3.63) is 35.9 Å². The zero-order valence-electron chi connectivity index (χ0n) is 9.07. The van der Waals surface area contributed by atoms with Gasteiger partial charge in [0.2, 0.25) is 6.10 Å². The Morgan fingerprint density at radius 1 is 1.24 bits per heavy atom. The summed E-state index contributed by atoms with van der Waals surface area (Å²) in [6, 6.07) is 9.15. The van der Waals surface area contributed by atoms with Crippen LogP contribution in [0.3, 0.4) is 0 Å². The molecule has 0 aromatic heterocycles. The topological polar surface area (TPSA) is 37.3 Å². The first-order valence-corrected chi connectivity index (χ1v) is 5.22. The number of hydrogen-bond acceptors (Lipinski definition) is 2. The summed E-state index contributed by atoms with van der Waals surface area (Å²) < 4.78 is 35.9. The molecule has 0 saturated heterocycles. The lowest BCUT2D eigenvalue weighted by atomic mass is 10.0. The van der Waals surface area contributed by atoms with Crippen molar-refractivity contribution >= 4 is 5.78 Å². The van der Waals surface area contributed by atoms with E-state index in [9.17, 15) is 18.0 Å². The lowest BCUT2D eigenvalue weighted by molar-refractivity contribution is -0.203. The Morgan fingerprint density at radius 2 is 1.82 bits per heavy atom. The number of ketones is 1. The fourth-order valence-electron chi connectivity index (χ4n) is 1.43. The average Bonchev–Trinajstić information content (AvgIpc) is 2.28. The summed E-state index contributed by atoms with van der Waals surface area (Å²) in [4.78, 5) is 11.0. The van der Waals surface area contributed by atoms with Gasteiger partial charge in [-0.05, 0) is 18.4 Å². The van der Waals surface area contributed by atoms with E-state index in [1.165, 1.54) is 0 Å². The Kier molecular flexibility index (Phi) is 4.69. The Balaban J connectivity index is 2.35. The first-order valence-electron chi connectivity index (χ1n) is 5.22. The van der Waals surface area contributed by atoms with Gasteiger partial charge in [0.1, 0.15) is 0 Å². The van der Waals surface area contributed by atoms with Crippen molar-refractivity contribution in [3.8, 4) is 0 Å². The van der Waals surface area contributed by atoms with Gasteiger partial charge in [-0.2, -0.15) is 13.2 Å². The third-order valence-corrected chi connectivity index (χ3v) is 2.35. The van der Waals surface area contributed by atoms with Crippen LogP contribution in [-0.4, -0.2) is 23.2 Å². The normalized spacial score (nSPS) is 13.4. The monoisotopic (exact) mass is 246 g/mol. The van der Waals surface area contributed by atoms with Crippen LogP contribution in [-0.2, 0) is 11.2 Å². The fourth-order valence-corrected chi connectivity index (χ4v) is 1.43. The maximum absolute atomic E-state index is 12.0. The number of aryl methyl sites for hydroxylation is 1. The number of aliphatic hydroxyl groups excluding tert-OH is 1. The van der Waals surface area contributed by atoms with Gasteiger partial charge in [-0.25, -0.2) is 0 Å². The molecular weight excluding hydrogens is 233 g/mol. The number of halogens is 3. The van der Waals surface area contributed by atoms with Crippen LogP contribution >= 0.6 is 0 Å². The van der Waals surface area contributed by atoms with Crippen LogP contribution in [0.15, 0.2) is 30.3 Å². The van der Waals surface area contributed by atoms with Crippen molar-refractivity contribution in [1.29, 1.82) is 0 Å². The molecule has 17 heavy (non-hydrogen) atoms. The molecule has 1 aromatic carbocycles. The number of Topliss-reactive ketones (excluding diaryl/α,β-unsaturated/α-hetero) is 1. The molecule has 0 heterocycles. The predicted molar refractivity (Wildman–Crippen MR) is 56.4 cm³/mol. The first-order chi connectivity index (χ1) is 7.91. The SMILES string of the molecule is O=C(CCCc1ccccc1)C(O)C(F)(F)F. The van der Waals surface area contributed by atoms with Crippen molar-refractivity contribution in [2.75, 3.05) is 0 Å². The van der Waals surface area contributed by atoms with Crippen LogP contribution in [0, 0.1) is 0 Å². The minimum absolute atomic E-state index is 0.268. The van der Waals surface area contributed by atoms with Crippen molar-refractivity contribution in [3.63, 3.8) is 0 Å². The van der Waals surface area contributed by atoms with E-state index in [1.54, 1.807) is 0 Å². The predicted octanol–water partition coefficient (Wildman–Crippen LogP) is 2.50. The molecule has 1 atom stereocenters. The number of carbonyl (C=O) groups is 1. The van der Waals surface area contributed by atoms with E-state index < -0.39 is 18.1 Å². The highest BCUT2D eigenvalue weighted by Crippen LogP contribution is 2.22. The van der Waals surface area contributed by atoms with Crippen molar-refractivity contribution in [1.82, 2.24) is 0 Å². The smallest absolute Gasteiger partial charge is 0.377 e. The molecule has 0 saturated carbocycles. The zero-order chi connectivity index (χ0) is 12.9. The van der Waals surface area contributed by atoms with Crippen LogP contribution in [0.2, 0.25) is 0 Å². The third kappa shape index (κ3) is 4.56. The maximum atomic E-state index is 12.0. The molecule has 0 aliphatic heterocycles. The van der Waals surface area contributed by atoms with Crippen LogP contribution in [0.25, 0.3) is 0 Å². The molecule has 0 bridgehead atoms. The summed E-state index contributed by atoms with van der Waals surface area (Å²) in [6.45, 7) is 0. The van der Waals surface area contributed by atoms with Gasteiger partial charge >= 0.3 is 6.18 Å². The molecule has 2 nitrogen and oxygen atoms in total. The van der Waals surface area contributed by atoms with Gasteiger partial charge in [-0.1, -0.05) is 30.3 Å². The largest absolute Gasteiger partial charge is 0.421 e. The molecule has 0 spiro atoms. The van der Waals surface area contributed by atoms with Crippen molar-refractivity contribution in [2.24, 2.45) is 0 Å². The molecular formula is C12H13F3O2. The second kappa shape index (κ2) is 5.82. The van der Waals surface area contributed by atoms with Gasteiger partial charge in [0.25, 0.3) is 0 Å². The van der Waals surface area contributed by atoms with E-state index in [0.29, 0.717) is 12.8 Å². The molecule has 1 aromatic rings. The van der Waals surface area contributed by atoms with E-state index in [-0.39, 0.29) is 6.42 Å². The van der Waals surface area contributed by atoms with Gasteiger partial charge < -0.3 is 5.11 Å². The summed E-state index contributed by atoms with van der Waals surface area (Å²) in [5.41, 5.74) is 0.960. The third-order valence-electron chi connectivity index (χ3n) is 2.35. The number of alkyl halides is 3. The van der Waals surface area contributed by atoms with E-state index >= 15 is 0 Å². The Labute approximate surface area is 97.1 Å². The molecule has 0 radical (unpaired) electrons. The van der Waals surface area contributed by atoms with Gasteiger partial charge in [0.15, 0.2) is 5.78 Å². The molecule has 1 unspecified atom stereocenters. The van der Waals surface area contributed by atoms with Gasteiger partial charge in [0.05, 0.1) is 0 Å². The molecule has 0 aliphatic carbocycles. The molecule has 0 aliphatic rings. The molecule has 1 rings (SSSR count). The second-order valence-electron chi connectivity index (χ2n) is 3.75. The average molecular weight is 246 g/mol. The Morgan fingerprint density at radius 3 is 2.35 bits per heavy atom. The molecule has 1 N–H and O–H groups in total. The van der Waals surface area contributed by atoms with Crippen LogP contribution in [0.1, 0.15) is 18.4 Å². The summed E-state index contributed by atoms with van der Waals surface area (Å²) >= 11 is 0. The van der Waals surface area contributed by atoms with E-state index in [1.807, 2.05) is 30.3 Å². The van der Waals surface area contributed by atoms with Crippen LogP contribution < -0.4 is 0 Å². The van der Waals surface area contributed by atoms with Gasteiger partial charge in [-0.15, -0.1) is 0 Å². The lowest BCUT2D eigenvalue weighted by Crippen LogP contribution is -2.36. The standard InChI is InChI=1S/C12H13F3O2/c13-12(14,15)11(17)10(16)8-4-7-9-5-2-1-3-6-9/h1-3,5-6,11,17H,4,7-8H2. The van der Waals surface area contributed by atoms with Gasteiger partial charge in [0, 0.05) is 6.42 Å². The maximum Gasteiger partial charge on any atom is 0.421 e. The van der Waals surface area contributed by atoms with Crippen LogP contribution in [0.4, 0.5) is 13.2 Å². The summed E-state index contributed by atoms with van der Waals surface area (Å²) in [5.74, 6) is -1.17. The quantitative estimate of drug-likeness (QED) is 0.866. The summed E-state index contributed by atoms with van der Waals surface area (Å²) in [5, 5.41) is 8.68. The molecule has 94 valence electrons. The molecule has 0 amide bonds. The highest BCUT2D eigenvalue weighted by molar-refractivity contribution is 5.83. The number of rotatable bonds is 5. The van der Waals surface area contributed by atoms with Crippen molar-refractivity contribution in [2.45, 2.75) is 31.5 Å². The second-order valence-corrected chi connectivity index (χ2v) is 3.75. The van der Waals surface area contributed by atoms with E-state index in [4.69, 9.17) is 5.11 Å². The lowest BCUT2D eigenvalue weighted by Gasteiger charge is -2.12. The minimum atomic E-state index is -4.86. The molecule has 5 heteroatoms. The fraction of sp³-hybridized carbons (Fsp3) is 0.417. The molecule has 0 fully saturated rings. The first kappa shape index (κ1) is 13.7. The van der Waals surface area contributed by atoms with Crippen molar-refractivity contribution < 1.29 is 23.1 Å².